The Hall–Kier alpha value is -1.53. The molecule has 3 heteroatoms. The zero-order valence-corrected chi connectivity index (χ0v) is 12.1. The van der Waals surface area contributed by atoms with Crippen molar-refractivity contribution in [1.29, 1.82) is 5.26 Å². The van der Waals surface area contributed by atoms with Gasteiger partial charge in [-0.15, -0.1) is 0 Å². The molecule has 0 amide bonds. The van der Waals surface area contributed by atoms with Crippen LogP contribution in [0.3, 0.4) is 0 Å². The van der Waals surface area contributed by atoms with Gasteiger partial charge in [-0.05, 0) is 24.5 Å². The third-order valence-electron chi connectivity index (χ3n) is 3.72. The normalized spacial score (nSPS) is 22.6. The summed E-state index contributed by atoms with van der Waals surface area (Å²) in [5.74, 6) is 0. The van der Waals surface area contributed by atoms with Gasteiger partial charge in [-0.25, -0.2) is 0 Å². The van der Waals surface area contributed by atoms with E-state index in [0.29, 0.717) is 6.42 Å². The van der Waals surface area contributed by atoms with Crippen molar-refractivity contribution in [2.24, 2.45) is 5.41 Å². The lowest BCUT2D eigenvalue weighted by molar-refractivity contribution is 0.369. The Balaban J connectivity index is 2.29. The van der Waals surface area contributed by atoms with Gasteiger partial charge in [-0.3, -0.25) is 0 Å². The Morgan fingerprint density at radius 1 is 1.37 bits per heavy atom. The fourth-order valence-corrected chi connectivity index (χ4v) is 2.66. The monoisotopic (exact) mass is 257 g/mol. The third kappa shape index (κ3) is 3.48. The molecule has 19 heavy (non-hydrogen) atoms. The van der Waals surface area contributed by atoms with Gasteiger partial charge in [-0.1, -0.05) is 31.5 Å². The summed E-state index contributed by atoms with van der Waals surface area (Å²) in [5.41, 5.74) is 2.71. The summed E-state index contributed by atoms with van der Waals surface area (Å²) in [7, 11) is 0. The van der Waals surface area contributed by atoms with Crippen molar-refractivity contribution in [2.75, 3.05) is 24.5 Å². The number of hydrogen-bond acceptors (Lipinski definition) is 3. The lowest BCUT2D eigenvalue weighted by atomic mass is 9.92. The highest BCUT2D eigenvalue weighted by Crippen LogP contribution is 2.27. The van der Waals surface area contributed by atoms with E-state index in [4.69, 9.17) is 5.26 Å². The van der Waals surface area contributed by atoms with Crippen LogP contribution in [0.4, 0.5) is 5.69 Å². The van der Waals surface area contributed by atoms with Crippen LogP contribution in [-0.2, 0) is 0 Å². The molecule has 2 rings (SSSR count). The number of rotatable bonds is 2. The molecular formula is C16H23N3. The van der Waals surface area contributed by atoms with Crippen molar-refractivity contribution in [3.8, 4) is 6.07 Å². The quantitative estimate of drug-likeness (QED) is 0.885. The van der Waals surface area contributed by atoms with Crippen LogP contribution >= 0.6 is 0 Å². The molecule has 1 aromatic carbocycles. The van der Waals surface area contributed by atoms with Crippen molar-refractivity contribution < 1.29 is 0 Å². The minimum absolute atomic E-state index is 0.217. The Labute approximate surface area is 116 Å². The summed E-state index contributed by atoms with van der Waals surface area (Å²) in [6.07, 6.45) is 0.566. The smallest absolute Gasteiger partial charge is 0.0643 e. The van der Waals surface area contributed by atoms with Crippen LogP contribution in [0.15, 0.2) is 24.3 Å². The van der Waals surface area contributed by atoms with Crippen molar-refractivity contribution in [3.63, 3.8) is 0 Å². The third-order valence-corrected chi connectivity index (χ3v) is 3.72. The molecule has 0 spiro atoms. The molecule has 3 nitrogen and oxygen atoms in total. The first-order valence-corrected chi connectivity index (χ1v) is 6.93. The summed E-state index contributed by atoms with van der Waals surface area (Å²) >= 11 is 0. The summed E-state index contributed by atoms with van der Waals surface area (Å²) in [4.78, 5) is 2.39. The number of benzene rings is 1. The molecule has 1 aliphatic heterocycles. The Bertz CT molecular complexity index is 456. The molecule has 1 unspecified atom stereocenters. The summed E-state index contributed by atoms with van der Waals surface area (Å²) in [6.45, 7) is 9.51. The van der Waals surface area contributed by atoms with E-state index in [1.54, 1.807) is 0 Å². The highest BCUT2D eigenvalue weighted by Gasteiger charge is 2.30. The van der Waals surface area contributed by atoms with Crippen LogP contribution in [-0.4, -0.2) is 25.7 Å². The summed E-state index contributed by atoms with van der Waals surface area (Å²) in [5, 5.41) is 12.5. The molecule has 0 aliphatic carbocycles. The maximum absolute atomic E-state index is 9.04. The highest BCUT2D eigenvalue weighted by atomic mass is 15.2. The second kappa shape index (κ2) is 5.63. The molecule has 0 saturated carbocycles. The number of anilines is 1. The summed E-state index contributed by atoms with van der Waals surface area (Å²) in [6, 6.07) is 11.2. The SMILES string of the molecule is Cc1ccc(N2CC(C)(C)CNCC2CC#N)cc1. The van der Waals surface area contributed by atoms with Crippen LogP contribution < -0.4 is 10.2 Å². The van der Waals surface area contributed by atoms with Crippen molar-refractivity contribution >= 4 is 5.69 Å². The predicted molar refractivity (Wildman–Crippen MR) is 79.2 cm³/mol. The van der Waals surface area contributed by atoms with Crippen LogP contribution in [0.2, 0.25) is 0 Å². The fourth-order valence-electron chi connectivity index (χ4n) is 2.66. The topological polar surface area (TPSA) is 39.1 Å². The first kappa shape index (κ1) is 13.9. The first-order valence-electron chi connectivity index (χ1n) is 6.93. The molecule has 0 radical (unpaired) electrons. The molecule has 0 aromatic heterocycles. The van der Waals surface area contributed by atoms with Gasteiger partial charge in [0.1, 0.15) is 0 Å². The van der Waals surface area contributed by atoms with Gasteiger partial charge >= 0.3 is 0 Å². The minimum Gasteiger partial charge on any atom is -0.366 e. The second-order valence-corrected chi connectivity index (χ2v) is 6.27. The van der Waals surface area contributed by atoms with E-state index in [1.807, 2.05) is 0 Å². The minimum atomic E-state index is 0.217. The van der Waals surface area contributed by atoms with Gasteiger partial charge < -0.3 is 10.2 Å². The van der Waals surface area contributed by atoms with Crippen molar-refractivity contribution in [3.05, 3.63) is 29.8 Å². The summed E-state index contributed by atoms with van der Waals surface area (Å²) < 4.78 is 0. The van der Waals surface area contributed by atoms with Crippen LogP contribution in [0.25, 0.3) is 0 Å². The van der Waals surface area contributed by atoms with Gasteiger partial charge in [0.15, 0.2) is 0 Å². The van der Waals surface area contributed by atoms with Gasteiger partial charge in [-0.2, -0.15) is 5.26 Å². The average molecular weight is 257 g/mol. The van der Waals surface area contributed by atoms with E-state index in [1.165, 1.54) is 11.3 Å². The molecule has 1 N–H and O–H groups in total. The molecule has 1 atom stereocenters. The number of nitrogens with zero attached hydrogens (tertiary/aromatic N) is 2. The van der Waals surface area contributed by atoms with Crippen LogP contribution in [0.1, 0.15) is 25.8 Å². The Morgan fingerprint density at radius 3 is 2.68 bits per heavy atom. The van der Waals surface area contributed by atoms with Gasteiger partial charge in [0, 0.05) is 25.3 Å². The van der Waals surface area contributed by atoms with Gasteiger partial charge in [0.05, 0.1) is 18.5 Å². The molecule has 0 bridgehead atoms. The number of nitriles is 1. The molecule has 1 saturated heterocycles. The number of aryl methyl sites for hydroxylation is 1. The highest BCUT2D eigenvalue weighted by molar-refractivity contribution is 5.49. The molecule has 102 valence electrons. The van der Waals surface area contributed by atoms with E-state index in [0.717, 1.165) is 19.6 Å². The van der Waals surface area contributed by atoms with E-state index in [2.05, 4.69) is 61.3 Å². The molecule has 1 aromatic rings. The predicted octanol–water partition coefficient (Wildman–Crippen LogP) is 2.71. The van der Waals surface area contributed by atoms with Crippen LogP contribution in [0, 0.1) is 23.7 Å². The first-order chi connectivity index (χ1) is 9.02. The largest absolute Gasteiger partial charge is 0.366 e. The van der Waals surface area contributed by atoms with Gasteiger partial charge in [0.25, 0.3) is 0 Å². The maximum atomic E-state index is 9.04. The van der Waals surface area contributed by atoms with E-state index < -0.39 is 0 Å². The van der Waals surface area contributed by atoms with Gasteiger partial charge in [0.2, 0.25) is 0 Å². The van der Waals surface area contributed by atoms with E-state index in [-0.39, 0.29) is 11.5 Å². The Morgan fingerprint density at radius 2 is 2.05 bits per heavy atom. The van der Waals surface area contributed by atoms with E-state index in [9.17, 15) is 0 Å². The van der Waals surface area contributed by atoms with E-state index >= 15 is 0 Å². The van der Waals surface area contributed by atoms with Crippen LogP contribution in [0.5, 0.6) is 0 Å². The number of hydrogen-bond donors (Lipinski definition) is 1. The fraction of sp³-hybridized carbons (Fsp3) is 0.562. The maximum Gasteiger partial charge on any atom is 0.0643 e. The lowest BCUT2D eigenvalue weighted by Crippen LogP contribution is -2.41. The number of nitrogens with one attached hydrogen (secondary N) is 1. The Kier molecular flexibility index (Phi) is 4.11. The molecule has 1 aliphatic rings. The molecule has 1 fully saturated rings. The standard InChI is InChI=1S/C16H23N3/c1-13-4-6-14(7-5-13)19-12-16(2,3)11-18-10-15(19)8-9-17/h4-7,15,18H,8,10-12H2,1-3H3. The second-order valence-electron chi connectivity index (χ2n) is 6.27. The molecular weight excluding hydrogens is 234 g/mol. The van der Waals surface area contributed by atoms with Crippen molar-refractivity contribution in [2.45, 2.75) is 33.2 Å². The van der Waals surface area contributed by atoms with Crippen molar-refractivity contribution in [1.82, 2.24) is 5.32 Å². The molecule has 1 heterocycles. The average Bonchev–Trinajstić information content (AvgIpc) is 2.50. The zero-order chi connectivity index (χ0) is 13.9. The lowest BCUT2D eigenvalue weighted by Gasteiger charge is -2.35. The zero-order valence-electron chi connectivity index (χ0n) is 12.1.